The van der Waals surface area contributed by atoms with E-state index in [1.807, 2.05) is 54.8 Å². The molecule has 4 aromatic rings. The summed E-state index contributed by atoms with van der Waals surface area (Å²) in [6, 6.07) is 13.8. The van der Waals surface area contributed by atoms with Crippen LogP contribution in [0, 0.1) is 0 Å². The quantitative estimate of drug-likeness (QED) is 0.537. The molecule has 0 radical (unpaired) electrons. The molecule has 0 saturated carbocycles. The predicted octanol–water partition coefficient (Wildman–Crippen LogP) is 4.57. The van der Waals surface area contributed by atoms with Crippen LogP contribution in [0.1, 0.15) is 6.92 Å². The highest BCUT2D eigenvalue weighted by atomic mass is 35.5. The average Bonchev–Trinajstić information content (AvgIpc) is 3.24. The van der Waals surface area contributed by atoms with Crippen LogP contribution < -0.4 is 4.74 Å². The molecule has 0 N–H and O–H groups in total. The molecule has 0 fully saturated rings. The van der Waals surface area contributed by atoms with Gasteiger partial charge in [0.1, 0.15) is 0 Å². The smallest absolute Gasteiger partial charge is 0.320 e. The second-order valence-corrected chi connectivity index (χ2v) is 6.43. The van der Waals surface area contributed by atoms with Gasteiger partial charge in [-0.3, -0.25) is 0 Å². The fraction of sp³-hybridized carbons (Fsp3) is 0.118. The Kier molecular flexibility index (Phi) is 3.92. The van der Waals surface area contributed by atoms with Crippen LogP contribution in [0.25, 0.3) is 27.6 Å². The molecule has 7 heteroatoms. The minimum absolute atomic E-state index is 0.357. The fourth-order valence-electron chi connectivity index (χ4n) is 2.39. The highest BCUT2D eigenvalue weighted by molar-refractivity contribution is 7.13. The number of fused-ring (bicyclic) bond motifs is 1. The predicted molar refractivity (Wildman–Crippen MR) is 95.7 cm³/mol. The summed E-state index contributed by atoms with van der Waals surface area (Å²) in [6.07, 6.45) is 0. The van der Waals surface area contributed by atoms with Gasteiger partial charge in [0.15, 0.2) is 11.5 Å². The van der Waals surface area contributed by atoms with E-state index in [0.29, 0.717) is 23.3 Å². The summed E-state index contributed by atoms with van der Waals surface area (Å²) >= 11 is 7.56. The van der Waals surface area contributed by atoms with Crippen molar-refractivity contribution in [2.24, 2.45) is 0 Å². The number of benzene rings is 1. The molecule has 3 heterocycles. The van der Waals surface area contributed by atoms with Gasteiger partial charge in [0.25, 0.3) is 0 Å². The Morgan fingerprint density at radius 1 is 1.17 bits per heavy atom. The van der Waals surface area contributed by atoms with E-state index in [1.54, 1.807) is 15.9 Å². The Labute approximate surface area is 147 Å². The van der Waals surface area contributed by atoms with Crippen LogP contribution >= 0.6 is 22.9 Å². The molecule has 3 aromatic heterocycles. The molecule has 120 valence electrons. The molecule has 0 saturated heterocycles. The van der Waals surface area contributed by atoms with E-state index >= 15 is 0 Å². The van der Waals surface area contributed by atoms with E-state index in [9.17, 15) is 0 Å². The van der Waals surface area contributed by atoms with Crippen molar-refractivity contribution in [2.75, 3.05) is 6.61 Å². The van der Waals surface area contributed by atoms with Crippen molar-refractivity contribution in [2.45, 2.75) is 6.92 Å². The first kappa shape index (κ1) is 15.1. The number of nitrogens with zero attached hydrogens (tertiary/aromatic N) is 4. The van der Waals surface area contributed by atoms with Gasteiger partial charge in [0, 0.05) is 16.7 Å². The number of hydrogen-bond acceptors (Lipinski definition) is 5. The third-order valence-corrected chi connectivity index (χ3v) is 4.58. The van der Waals surface area contributed by atoms with Gasteiger partial charge in [0.05, 0.1) is 17.2 Å². The van der Waals surface area contributed by atoms with Gasteiger partial charge >= 0.3 is 6.01 Å². The maximum absolute atomic E-state index is 5.96. The lowest BCUT2D eigenvalue weighted by molar-refractivity contribution is 0.312. The molecular formula is C17H13ClN4OS. The van der Waals surface area contributed by atoms with Gasteiger partial charge in [-0.25, -0.2) is 0 Å². The van der Waals surface area contributed by atoms with Crippen LogP contribution in [0.4, 0.5) is 0 Å². The fourth-order valence-corrected chi connectivity index (χ4v) is 3.21. The molecule has 0 spiro atoms. The van der Waals surface area contributed by atoms with E-state index in [0.717, 1.165) is 22.0 Å². The molecule has 0 aliphatic carbocycles. The number of thiophene rings is 1. The minimum atomic E-state index is 0.357. The number of hydrogen-bond donors (Lipinski definition) is 0. The average molecular weight is 357 g/mol. The first-order valence-electron chi connectivity index (χ1n) is 7.45. The number of ether oxygens (including phenoxy) is 1. The lowest BCUT2D eigenvalue weighted by Crippen LogP contribution is -2.04. The highest BCUT2D eigenvalue weighted by Crippen LogP contribution is 2.28. The van der Waals surface area contributed by atoms with Crippen LogP contribution in [0.15, 0.2) is 47.8 Å². The first-order chi connectivity index (χ1) is 11.7. The second kappa shape index (κ2) is 6.22. The highest BCUT2D eigenvalue weighted by Gasteiger charge is 2.15. The SMILES string of the molecule is CCOc1nc(-c2cccs2)n2nc(-c3ccc(Cl)cc3)cc2n1. The molecule has 0 unspecified atom stereocenters. The summed E-state index contributed by atoms with van der Waals surface area (Å²) in [5, 5.41) is 7.37. The molecule has 0 aliphatic heterocycles. The van der Waals surface area contributed by atoms with Crippen LogP contribution in [0.3, 0.4) is 0 Å². The Morgan fingerprint density at radius 3 is 2.71 bits per heavy atom. The molecule has 0 amide bonds. The lowest BCUT2D eigenvalue weighted by atomic mass is 10.2. The minimum Gasteiger partial charge on any atom is -0.464 e. The Morgan fingerprint density at radius 2 is 2.00 bits per heavy atom. The van der Waals surface area contributed by atoms with Gasteiger partial charge in [-0.05, 0) is 30.5 Å². The summed E-state index contributed by atoms with van der Waals surface area (Å²) in [6.45, 7) is 2.42. The number of aromatic nitrogens is 4. The van der Waals surface area contributed by atoms with Crippen LogP contribution in [0.2, 0.25) is 5.02 Å². The lowest BCUT2D eigenvalue weighted by Gasteiger charge is -2.05. The topological polar surface area (TPSA) is 52.3 Å². The van der Waals surface area contributed by atoms with E-state index in [-0.39, 0.29) is 0 Å². The second-order valence-electron chi connectivity index (χ2n) is 5.05. The molecule has 4 rings (SSSR count). The van der Waals surface area contributed by atoms with Crippen molar-refractivity contribution in [1.82, 2.24) is 19.6 Å². The normalized spacial score (nSPS) is 11.1. The molecular weight excluding hydrogens is 344 g/mol. The van der Waals surface area contributed by atoms with Crippen molar-refractivity contribution in [1.29, 1.82) is 0 Å². The van der Waals surface area contributed by atoms with Gasteiger partial charge < -0.3 is 4.74 Å². The monoisotopic (exact) mass is 356 g/mol. The third kappa shape index (κ3) is 2.74. The Balaban J connectivity index is 1.91. The summed E-state index contributed by atoms with van der Waals surface area (Å²) < 4.78 is 7.26. The van der Waals surface area contributed by atoms with Gasteiger partial charge in [-0.15, -0.1) is 11.3 Å². The Hall–Kier alpha value is -2.44. The molecule has 0 aliphatic rings. The van der Waals surface area contributed by atoms with Gasteiger partial charge in [-0.1, -0.05) is 29.8 Å². The van der Waals surface area contributed by atoms with Crippen molar-refractivity contribution >= 4 is 28.6 Å². The van der Waals surface area contributed by atoms with Crippen LogP contribution in [-0.4, -0.2) is 26.2 Å². The molecule has 0 atom stereocenters. The largest absolute Gasteiger partial charge is 0.464 e. The van der Waals surface area contributed by atoms with Gasteiger partial charge in [0.2, 0.25) is 0 Å². The maximum atomic E-state index is 5.96. The molecule has 24 heavy (non-hydrogen) atoms. The third-order valence-electron chi connectivity index (χ3n) is 3.46. The van der Waals surface area contributed by atoms with Crippen molar-refractivity contribution < 1.29 is 4.74 Å². The standard InChI is InChI=1S/C17H13ClN4OS/c1-2-23-17-19-15-10-13(11-5-7-12(18)8-6-11)21-22(15)16(20-17)14-4-3-9-24-14/h3-10H,2H2,1H3. The van der Waals surface area contributed by atoms with Crippen molar-refractivity contribution in [3.63, 3.8) is 0 Å². The molecule has 0 bridgehead atoms. The van der Waals surface area contributed by atoms with Gasteiger partial charge in [-0.2, -0.15) is 19.6 Å². The molecule has 1 aromatic carbocycles. The summed E-state index contributed by atoms with van der Waals surface area (Å²) in [5.41, 5.74) is 2.48. The van der Waals surface area contributed by atoms with E-state index < -0.39 is 0 Å². The number of rotatable bonds is 4. The molecule has 5 nitrogen and oxygen atoms in total. The summed E-state index contributed by atoms with van der Waals surface area (Å²) in [5.74, 6) is 0.721. The maximum Gasteiger partial charge on any atom is 0.320 e. The van der Waals surface area contributed by atoms with E-state index in [4.69, 9.17) is 16.3 Å². The van der Waals surface area contributed by atoms with Crippen LogP contribution in [-0.2, 0) is 0 Å². The van der Waals surface area contributed by atoms with E-state index in [1.165, 1.54) is 0 Å². The Bertz CT molecular complexity index is 980. The summed E-state index contributed by atoms with van der Waals surface area (Å²) in [4.78, 5) is 9.96. The van der Waals surface area contributed by atoms with Crippen molar-refractivity contribution in [3.05, 3.63) is 52.9 Å². The summed E-state index contributed by atoms with van der Waals surface area (Å²) in [7, 11) is 0. The van der Waals surface area contributed by atoms with Crippen LogP contribution in [0.5, 0.6) is 6.01 Å². The zero-order valence-corrected chi connectivity index (χ0v) is 14.4. The van der Waals surface area contributed by atoms with E-state index in [2.05, 4.69) is 15.1 Å². The van der Waals surface area contributed by atoms with Crippen molar-refractivity contribution in [3.8, 4) is 28.0 Å². The first-order valence-corrected chi connectivity index (χ1v) is 8.71. The zero-order valence-electron chi connectivity index (χ0n) is 12.8. The number of halogens is 1. The zero-order chi connectivity index (χ0) is 16.5.